The molecule has 0 aliphatic heterocycles. The number of rotatable bonds is 3. The van der Waals surface area contributed by atoms with Gasteiger partial charge in [-0.05, 0) is 32.4 Å². The molecule has 0 amide bonds. The maximum atomic E-state index is 6.30. The highest BCUT2D eigenvalue weighted by Gasteiger charge is 2.22. The molecule has 4 aromatic rings. The molecule has 3 heterocycles. The van der Waals surface area contributed by atoms with Crippen LogP contribution < -0.4 is 0 Å². The summed E-state index contributed by atoms with van der Waals surface area (Å²) in [6.07, 6.45) is 2.52. The van der Waals surface area contributed by atoms with Gasteiger partial charge in [0.25, 0.3) is 0 Å². The van der Waals surface area contributed by atoms with Gasteiger partial charge in [0.15, 0.2) is 11.5 Å². The molecular weight excluding hydrogens is 324 g/mol. The predicted molar refractivity (Wildman–Crippen MR) is 93.4 cm³/mol. The number of hydrogen-bond donors (Lipinski definition) is 0. The molecule has 1 aromatic carbocycles. The molecule has 6 nitrogen and oxygen atoms in total. The third-order valence-electron chi connectivity index (χ3n) is 4.32. The molecule has 0 fully saturated rings. The van der Waals surface area contributed by atoms with Gasteiger partial charge in [-0.15, -0.1) is 5.10 Å². The van der Waals surface area contributed by atoms with Crippen molar-refractivity contribution in [1.29, 1.82) is 0 Å². The SMILES string of the molecule is CC[C@@H](c1nc2c3ccccc3ncn2n1)n1nc(C)c(Cl)c1C. The summed E-state index contributed by atoms with van der Waals surface area (Å²) in [5.41, 5.74) is 3.47. The summed E-state index contributed by atoms with van der Waals surface area (Å²) in [5.74, 6) is 0.720. The van der Waals surface area contributed by atoms with Gasteiger partial charge in [-0.2, -0.15) is 5.10 Å². The van der Waals surface area contributed by atoms with E-state index in [1.54, 1.807) is 10.8 Å². The fraction of sp³-hybridized carbons (Fsp3) is 0.294. The zero-order chi connectivity index (χ0) is 16.8. The largest absolute Gasteiger partial charge is 0.257 e. The third kappa shape index (κ3) is 2.17. The van der Waals surface area contributed by atoms with E-state index in [-0.39, 0.29) is 6.04 Å². The maximum absolute atomic E-state index is 6.30. The quantitative estimate of drug-likeness (QED) is 0.570. The molecule has 0 aliphatic carbocycles. The van der Waals surface area contributed by atoms with Crippen molar-refractivity contribution < 1.29 is 0 Å². The number of para-hydroxylation sites is 1. The number of halogens is 1. The first-order valence-corrected chi connectivity index (χ1v) is 8.29. The van der Waals surface area contributed by atoms with Crippen LogP contribution in [0, 0.1) is 13.8 Å². The molecule has 7 heteroatoms. The number of nitrogens with zero attached hydrogens (tertiary/aromatic N) is 6. The van der Waals surface area contributed by atoms with Gasteiger partial charge >= 0.3 is 0 Å². The lowest BCUT2D eigenvalue weighted by atomic mass is 10.2. The number of aromatic nitrogens is 6. The van der Waals surface area contributed by atoms with Crippen LogP contribution in [0.2, 0.25) is 5.02 Å². The first kappa shape index (κ1) is 15.1. The summed E-state index contributed by atoms with van der Waals surface area (Å²) in [5, 5.41) is 10.9. The third-order valence-corrected chi connectivity index (χ3v) is 4.86. The second-order valence-electron chi connectivity index (χ2n) is 5.85. The van der Waals surface area contributed by atoms with Gasteiger partial charge in [0.2, 0.25) is 0 Å². The lowest BCUT2D eigenvalue weighted by Gasteiger charge is -2.13. The minimum absolute atomic E-state index is 0.0603. The molecule has 0 radical (unpaired) electrons. The second-order valence-corrected chi connectivity index (χ2v) is 6.23. The van der Waals surface area contributed by atoms with Crippen LogP contribution >= 0.6 is 11.6 Å². The summed E-state index contributed by atoms with van der Waals surface area (Å²) >= 11 is 6.30. The summed E-state index contributed by atoms with van der Waals surface area (Å²) in [7, 11) is 0. The fourth-order valence-corrected chi connectivity index (χ4v) is 3.17. The average molecular weight is 341 g/mol. The van der Waals surface area contributed by atoms with Crippen LogP contribution in [-0.4, -0.2) is 29.4 Å². The summed E-state index contributed by atoms with van der Waals surface area (Å²) in [6.45, 7) is 5.97. The molecule has 4 rings (SSSR count). The van der Waals surface area contributed by atoms with Gasteiger partial charge in [-0.25, -0.2) is 14.5 Å². The Labute approximate surface area is 144 Å². The predicted octanol–water partition coefficient (Wildman–Crippen LogP) is 3.74. The number of aryl methyl sites for hydroxylation is 1. The van der Waals surface area contributed by atoms with Gasteiger partial charge < -0.3 is 0 Å². The molecular formula is C17H17ClN6. The highest BCUT2D eigenvalue weighted by atomic mass is 35.5. The molecule has 0 unspecified atom stereocenters. The Morgan fingerprint density at radius 2 is 1.96 bits per heavy atom. The number of fused-ring (bicyclic) bond motifs is 3. The first-order valence-electron chi connectivity index (χ1n) is 7.91. The summed E-state index contributed by atoms with van der Waals surface area (Å²) < 4.78 is 3.65. The lowest BCUT2D eigenvalue weighted by molar-refractivity contribution is 0.472. The van der Waals surface area contributed by atoms with E-state index >= 15 is 0 Å². The Morgan fingerprint density at radius 3 is 2.67 bits per heavy atom. The maximum Gasteiger partial charge on any atom is 0.176 e. The van der Waals surface area contributed by atoms with Crippen molar-refractivity contribution in [2.75, 3.05) is 0 Å². The lowest BCUT2D eigenvalue weighted by Crippen LogP contribution is -2.14. The van der Waals surface area contributed by atoms with E-state index in [0.29, 0.717) is 5.02 Å². The van der Waals surface area contributed by atoms with Crippen molar-refractivity contribution in [3.8, 4) is 0 Å². The van der Waals surface area contributed by atoms with Crippen LogP contribution in [-0.2, 0) is 0 Å². The molecule has 3 aromatic heterocycles. The van der Waals surface area contributed by atoms with Crippen molar-refractivity contribution in [2.24, 2.45) is 0 Å². The van der Waals surface area contributed by atoms with Crippen molar-refractivity contribution in [3.63, 3.8) is 0 Å². The van der Waals surface area contributed by atoms with Gasteiger partial charge in [0, 0.05) is 5.39 Å². The van der Waals surface area contributed by atoms with Gasteiger partial charge in [-0.3, -0.25) is 4.68 Å². The molecule has 0 bridgehead atoms. The van der Waals surface area contributed by atoms with E-state index in [4.69, 9.17) is 16.6 Å². The Bertz CT molecular complexity index is 1050. The van der Waals surface area contributed by atoms with Crippen molar-refractivity contribution in [1.82, 2.24) is 29.4 Å². The zero-order valence-corrected chi connectivity index (χ0v) is 14.5. The zero-order valence-electron chi connectivity index (χ0n) is 13.7. The molecule has 122 valence electrons. The van der Waals surface area contributed by atoms with Crippen LogP contribution in [0.15, 0.2) is 30.6 Å². The van der Waals surface area contributed by atoms with E-state index in [0.717, 1.165) is 40.2 Å². The van der Waals surface area contributed by atoms with Crippen molar-refractivity contribution >= 4 is 28.2 Å². The molecule has 24 heavy (non-hydrogen) atoms. The molecule has 0 aliphatic rings. The van der Waals surface area contributed by atoms with Gasteiger partial charge in [0.05, 0.1) is 21.9 Å². The topological polar surface area (TPSA) is 60.9 Å². The standard InChI is InChI=1S/C17H17ClN6/c1-4-14(24-11(3)15(18)10(2)21-24)16-20-17-12-7-5-6-8-13(12)19-9-23(17)22-16/h5-9,14H,4H2,1-3H3/t14-/m0/s1. The normalized spacial score (nSPS) is 13.0. The van der Waals surface area contributed by atoms with Crippen LogP contribution in [0.5, 0.6) is 0 Å². The van der Waals surface area contributed by atoms with Crippen LogP contribution in [0.3, 0.4) is 0 Å². The van der Waals surface area contributed by atoms with E-state index in [1.807, 2.05) is 42.8 Å². The first-order chi connectivity index (χ1) is 11.6. The molecule has 0 spiro atoms. The second kappa shape index (κ2) is 5.56. The van der Waals surface area contributed by atoms with E-state index in [9.17, 15) is 0 Å². The fourth-order valence-electron chi connectivity index (χ4n) is 3.05. The molecule has 0 saturated heterocycles. The highest BCUT2D eigenvalue weighted by Crippen LogP contribution is 2.27. The number of hydrogen-bond acceptors (Lipinski definition) is 4. The van der Waals surface area contributed by atoms with E-state index in [1.165, 1.54) is 0 Å². The highest BCUT2D eigenvalue weighted by molar-refractivity contribution is 6.31. The van der Waals surface area contributed by atoms with Crippen LogP contribution in [0.1, 0.15) is 36.6 Å². The minimum Gasteiger partial charge on any atom is -0.257 e. The van der Waals surface area contributed by atoms with Gasteiger partial charge in [-0.1, -0.05) is 30.7 Å². The molecule has 1 atom stereocenters. The van der Waals surface area contributed by atoms with E-state index < -0.39 is 0 Å². The van der Waals surface area contributed by atoms with Crippen LogP contribution in [0.25, 0.3) is 16.6 Å². The van der Waals surface area contributed by atoms with Crippen LogP contribution in [0.4, 0.5) is 0 Å². The Morgan fingerprint density at radius 1 is 1.17 bits per heavy atom. The minimum atomic E-state index is -0.0603. The summed E-state index contributed by atoms with van der Waals surface area (Å²) in [6, 6.07) is 7.88. The number of benzene rings is 1. The van der Waals surface area contributed by atoms with Gasteiger partial charge in [0.1, 0.15) is 12.4 Å². The van der Waals surface area contributed by atoms with E-state index in [2.05, 4.69) is 22.1 Å². The molecule has 0 saturated carbocycles. The Hall–Kier alpha value is -2.47. The molecule has 0 N–H and O–H groups in total. The Kier molecular flexibility index (Phi) is 3.49. The monoisotopic (exact) mass is 340 g/mol. The van der Waals surface area contributed by atoms with Crippen molar-refractivity contribution in [2.45, 2.75) is 33.2 Å². The Balaban J connectivity index is 1.90. The smallest absolute Gasteiger partial charge is 0.176 e. The van der Waals surface area contributed by atoms with Crippen molar-refractivity contribution in [3.05, 3.63) is 52.8 Å². The summed E-state index contributed by atoms with van der Waals surface area (Å²) in [4.78, 5) is 9.21. The average Bonchev–Trinajstić information content (AvgIpc) is 3.13.